The van der Waals surface area contributed by atoms with Crippen LogP contribution in [0.1, 0.15) is 18.0 Å². The van der Waals surface area contributed by atoms with E-state index in [1.165, 1.54) is 6.08 Å². The molecular formula is C14H18ClNO3. The minimum Gasteiger partial charge on any atom is -0.507 e. The fourth-order valence-corrected chi connectivity index (χ4v) is 1.80. The van der Waals surface area contributed by atoms with E-state index in [1.807, 2.05) is 19.0 Å². The molecule has 1 N–H and O–H groups in total. The average Bonchev–Trinajstić information content (AvgIpc) is 2.37. The van der Waals surface area contributed by atoms with Gasteiger partial charge in [-0.3, -0.25) is 4.90 Å². The number of aromatic hydroxyl groups is 1. The number of phenols is 1. The molecule has 0 aliphatic rings. The van der Waals surface area contributed by atoms with Crippen LogP contribution in [0.15, 0.2) is 24.3 Å². The summed E-state index contributed by atoms with van der Waals surface area (Å²) in [5.41, 5.74) is 0.637. The number of phenolic OH excluding ortho intramolecular Hbond substituents is 1. The highest BCUT2D eigenvalue weighted by molar-refractivity contribution is 6.17. The molecule has 0 saturated carbocycles. The predicted molar refractivity (Wildman–Crippen MR) is 75.6 cm³/mol. The van der Waals surface area contributed by atoms with Crippen LogP contribution in [0, 0.1) is 0 Å². The van der Waals surface area contributed by atoms with E-state index in [-0.39, 0.29) is 11.8 Å². The third kappa shape index (κ3) is 4.60. The number of hydrogen-bond donors (Lipinski definition) is 1. The van der Waals surface area contributed by atoms with Crippen molar-refractivity contribution in [3.63, 3.8) is 0 Å². The van der Waals surface area contributed by atoms with Gasteiger partial charge >= 0.3 is 0 Å². The number of hydrogen-bond acceptors (Lipinski definition) is 4. The second kappa shape index (κ2) is 7.85. The molecule has 0 bridgehead atoms. The van der Waals surface area contributed by atoms with Crippen molar-refractivity contribution in [1.29, 1.82) is 0 Å². The van der Waals surface area contributed by atoms with E-state index >= 15 is 0 Å². The Morgan fingerprint density at radius 1 is 1.53 bits per heavy atom. The summed E-state index contributed by atoms with van der Waals surface area (Å²) in [6.45, 7) is 0.508. The van der Waals surface area contributed by atoms with E-state index in [4.69, 9.17) is 16.3 Å². The van der Waals surface area contributed by atoms with Crippen LogP contribution in [0.5, 0.6) is 11.5 Å². The maximum Gasteiger partial charge on any atom is 0.124 e. The second-order valence-electron chi connectivity index (χ2n) is 4.30. The van der Waals surface area contributed by atoms with Crippen LogP contribution in [-0.2, 0) is 4.79 Å². The molecular weight excluding hydrogens is 266 g/mol. The average molecular weight is 284 g/mol. The molecule has 0 amide bonds. The van der Waals surface area contributed by atoms with Crippen LogP contribution in [0.25, 0.3) is 0 Å². The summed E-state index contributed by atoms with van der Waals surface area (Å²) in [6.07, 6.45) is 2.11. The van der Waals surface area contributed by atoms with Crippen molar-refractivity contribution < 1.29 is 14.6 Å². The topological polar surface area (TPSA) is 49.8 Å². The van der Waals surface area contributed by atoms with E-state index < -0.39 is 0 Å². The summed E-state index contributed by atoms with van der Waals surface area (Å²) < 4.78 is 5.44. The molecule has 0 spiro atoms. The number of ether oxygens (including phenoxy) is 1. The van der Waals surface area contributed by atoms with Crippen LogP contribution in [-0.4, -0.2) is 42.5 Å². The van der Waals surface area contributed by atoms with Gasteiger partial charge in [0.15, 0.2) is 0 Å². The van der Waals surface area contributed by atoms with Crippen molar-refractivity contribution >= 4 is 17.5 Å². The van der Waals surface area contributed by atoms with Gasteiger partial charge in [0.25, 0.3) is 0 Å². The van der Waals surface area contributed by atoms with Crippen LogP contribution in [0.3, 0.4) is 0 Å². The fourth-order valence-electron chi connectivity index (χ4n) is 1.69. The number of halogens is 1. The molecule has 19 heavy (non-hydrogen) atoms. The van der Waals surface area contributed by atoms with E-state index in [2.05, 4.69) is 0 Å². The summed E-state index contributed by atoms with van der Waals surface area (Å²) in [5, 5.41) is 10.0. The third-order valence-electron chi connectivity index (χ3n) is 2.65. The molecule has 1 aromatic carbocycles. The van der Waals surface area contributed by atoms with E-state index in [1.54, 1.807) is 24.1 Å². The first kappa shape index (κ1) is 15.6. The number of nitrogens with zero attached hydrogens (tertiary/aromatic N) is 1. The van der Waals surface area contributed by atoms with Crippen LogP contribution in [0.4, 0.5) is 0 Å². The molecule has 0 saturated heterocycles. The van der Waals surface area contributed by atoms with Crippen LogP contribution in [0.2, 0.25) is 0 Å². The van der Waals surface area contributed by atoms with Gasteiger partial charge in [-0.05, 0) is 32.6 Å². The molecule has 0 radical (unpaired) electrons. The second-order valence-corrected chi connectivity index (χ2v) is 4.68. The molecule has 0 heterocycles. The Morgan fingerprint density at radius 3 is 2.79 bits per heavy atom. The number of benzene rings is 1. The lowest BCUT2D eigenvalue weighted by atomic mass is 10.0. The molecule has 1 atom stereocenters. The summed E-state index contributed by atoms with van der Waals surface area (Å²) >= 11 is 5.56. The molecule has 4 nitrogen and oxygen atoms in total. The van der Waals surface area contributed by atoms with Gasteiger partial charge in [0.1, 0.15) is 17.4 Å². The van der Waals surface area contributed by atoms with Gasteiger partial charge in [-0.2, -0.15) is 0 Å². The number of carbonyl (C=O) groups excluding carboxylic acids is 1. The first-order valence-electron chi connectivity index (χ1n) is 5.99. The van der Waals surface area contributed by atoms with Gasteiger partial charge in [0.05, 0.1) is 12.6 Å². The Morgan fingerprint density at radius 2 is 2.26 bits per heavy atom. The zero-order valence-corrected chi connectivity index (χ0v) is 11.9. The molecule has 1 rings (SSSR count). The Bertz CT molecular complexity index is 456. The molecule has 1 unspecified atom stereocenters. The SMILES string of the molecule is CN(C)C(C=C=O)c1ccc(OCCCCl)cc1O. The lowest BCUT2D eigenvalue weighted by molar-refractivity contribution is 0.313. The van der Waals surface area contributed by atoms with E-state index in [9.17, 15) is 9.90 Å². The molecule has 1 aromatic rings. The lowest BCUT2D eigenvalue weighted by Crippen LogP contribution is -2.18. The quantitative estimate of drug-likeness (QED) is 0.474. The molecule has 0 fully saturated rings. The first-order chi connectivity index (χ1) is 9.10. The van der Waals surface area contributed by atoms with Crippen molar-refractivity contribution in [2.24, 2.45) is 0 Å². The lowest BCUT2D eigenvalue weighted by Gasteiger charge is -2.21. The van der Waals surface area contributed by atoms with Crippen molar-refractivity contribution in [3.8, 4) is 11.5 Å². The smallest absolute Gasteiger partial charge is 0.124 e. The van der Waals surface area contributed by atoms with Gasteiger partial charge in [0, 0.05) is 23.6 Å². The third-order valence-corrected chi connectivity index (χ3v) is 2.92. The summed E-state index contributed by atoms with van der Waals surface area (Å²) in [6, 6.07) is 4.73. The van der Waals surface area contributed by atoms with Crippen molar-refractivity contribution in [3.05, 3.63) is 29.8 Å². The summed E-state index contributed by atoms with van der Waals surface area (Å²) in [5.74, 6) is 2.97. The molecule has 5 heteroatoms. The highest BCUT2D eigenvalue weighted by Gasteiger charge is 2.16. The van der Waals surface area contributed by atoms with Gasteiger partial charge in [-0.25, -0.2) is 4.79 Å². The summed E-state index contributed by atoms with van der Waals surface area (Å²) in [7, 11) is 3.64. The maximum absolute atomic E-state index is 10.5. The zero-order chi connectivity index (χ0) is 14.3. The Hall–Kier alpha value is -1.48. The Kier molecular flexibility index (Phi) is 6.43. The summed E-state index contributed by atoms with van der Waals surface area (Å²) in [4.78, 5) is 12.3. The Labute approximate surface area is 118 Å². The van der Waals surface area contributed by atoms with Crippen molar-refractivity contribution in [1.82, 2.24) is 4.90 Å². The fraction of sp³-hybridized carbons (Fsp3) is 0.429. The van der Waals surface area contributed by atoms with E-state index in [0.29, 0.717) is 23.8 Å². The highest BCUT2D eigenvalue weighted by Crippen LogP contribution is 2.31. The van der Waals surface area contributed by atoms with Crippen LogP contribution >= 0.6 is 11.6 Å². The van der Waals surface area contributed by atoms with Gasteiger partial charge in [0.2, 0.25) is 0 Å². The largest absolute Gasteiger partial charge is 0.507 e. The molecule has 0 aliphatic heterocycles. The number of rotatable bonds is 7. The molecule has 0 aliphatic carbocycles. The van der Waals surface area contributed by atoms with Gasteiger partial charge in [-0.15, -0.1) is 11.6 Å². The minimum atomic E-state index is -0.311. The normalized spacial score (nSPS) is 12.0. The van der Waals surface area contributed by atoms with Gasteiger partial charge < -0.3 is 9.84 Å². The van der Waals surface area contributed by atoms with Gasteiger partial charge in [-0.1, -0.05) is 0 Å². The molecule has 104 valence electrons. The molecule has 0 aromatic heterocycles. The van der Waals surface area contributed by atoms with E-state index in [0.717, 1.165) is 6.42 Å². The maximum atomic E-state index is 10.5. The number of likely N-dealkylation sites (N-methyl/N-ethyl adjacent to an activating group) is 1. The Balaban J connectivity index is 2.89. The standard InChI is InChI=1S/C14H18ClNO3/c1-16(2)13(6-8-17)12-5-4-11(10-14(12)18)19-9-3-7-15/h4-6,10,13,18H,3,7,9H2,1-2H3. The van der Waals surface area contributed by atoms with Crippen molar-refractivity contribution in [2.45, 2.75) is 12.5 Å². The minimum absolute atomic E-state index is 0.0913. The predicted octanol–water partition coefficient (Wildman–Crippen LogP) is 2.39. The van der Waals surface area contributed by atoms with Crippen LogP contribution < -0.4 is 4.74 Å². The highest BCUT2D eigenvalue weighted by atomic mass is 35.5. The monoisotopic (exact) mass is 283 g/mol. The zero-order valence-electron chi connectivity index (χ0n) is 11.1. The van der Waals surface area contributed by atoms with Crippen molar-refractivity contribution in [2.75, 3.05) is 26.6 Å². The first-order valence-corrected chi connectivity index (χ1v) is 6.52. The number of alkyl halides is 1.